The van der Waals surface area contributed by atoms with Crippen molar-refractivity contribution >= 4 is 18.5 Å². The van der Waals surface area contributed by atoms with Crippen molar-refractivity contribution in [2.45, 2.75) is 83.0 Å². The summed E-state index contributed by atoms with van der Waals surface area (Å²) in [5.74, 6) is 1.11. The molecule has 0 aromatic heterocycles. The fourth-order valence-corrected chi connectivity index (χ4v) is 6.75. The molecule has 32 heavy (non-hydrogen) atoms. The Labute approximate surface area is 190 Å². The van der Waals surface area contributed by atoms with E-state index in [0.717, 1.165) is 50.1 Å². The maximum atomic E-state index is 12.8. The second-order valence-electron chi connectivity index (χ2n) is 10.8. The van der Waals surface area contributed by atoms with Gasteiger partial charge in [0, 0.05) is 43.3 Å². The Bertz CT molecular complexity index is 713. The first-order chi connectivity index (χ1) is 15.3. The second kappa shape index (κ2) is 9.35. The molecule has 7 nitrogen and oxygen atoms in total. The van der Waals surface area contributed by atoms with Gasteiger partial charge in [-0.2, -0.15) is 4.89 Å². The van der Waals surface area contributed by atoms with Crippen molar-refractivity contribution in [2.24, 2.45) is 23.2 Å². The summed E-state index contributed by atoms with van der Waals surface area (Å²) in [5.41, 5.74) is -0.861. The van der Waals surface area contributed by atoms with Crippen LogP contribution in [-0.2, 0) is 28.9 Å². The number of hydrogen-bond acceptors (Lipinski definition) is 6. The standard InChI is InChI=1S/C25H37NO6/c1-23-16-19-13-20(17-23)15-21(14-19)25(23)30-18-24(2,31-32-25)8-7-22(29)26(9-3-5-11-27)10-4-6-12-28/h7-8,11-12,19-21H,3-6,9-10,13-18H2,1-2H3/b8-7+. The third-order valence-corrected chi connectivity index (χ3v) is 8.08. The molecule has 4 aliphatic carbocycles. The lowest BCUT2D eigenvalue weighted by atomic mass is 9.47. The molecule has 1 aliphatic heterocycles. The van der Waals surface area contributed by atoms with Gasteiger partial charge in [0.2, 0.25) is 11.7 Å². The number of amides is 1. The molecule has 4 atom stereocenters. The van der Waals surface area contributed by atoms with Crippen molar-refractivity contribution in [2.75, 3.05) is 19.7 Å². The van der Waals surface area contributed by atoms with E-state index in [0.29, 0.717) is 51.3 Å². The minimum absolute atomic E-state index is 0.0173. The Kier molecular flexibility index (Phi) is 6.89. The van der Waals surface area contributed by atoms with Crippen LogP contribution >= 0.6 is 0 Å². The number of ether oxygens (including phenoxy) is 1. The first-order valence-electron chi connectivity index (χ1n) is 12.2. The molecule has 0 radical (unpaired) electrons. The fraction of sp³-hybridized carbons (Fsp3) is 0.800. The number of rotatable bonds is 10. The molecule has 0 N–H and O–H groups in total. The number of hydrogen-bond donors (Lipinski definition) is 0. The van der Waals surface area contributed by atoms with Gasteiger partial charge < -0.3 is 19.2 Å². The largest absolute Gasteiger partial charge is 0.343 e. The molecular weight excluding hydrogens is 410 g/mol. The molecule has 0 aromatic carbocycles. The molecule has 4 unspecified atom stereocenters. The number of nitrogens with zero attached hydrogens (tertiary/aromatic N) is 1. The average Bonchev–Trinajstić information content (AvgIpc) is 2.76. The van der Waals surface area contributed by atoms with Crippen molar-refractivity contribution in [1.29, 1.82) is 0 Å². The third kappa shape index (κ3) is 4.44. The minimum Gasteiger partial charge on any atom is -0.343 e. The van der Waals surface area contributed by atoms with Crippen molar-refractivity contribution in [3.63, 3.8) is 0 Å². The van der Waals surface area contributed by atoms with E-state index >= 15 is 0 Å². The Hall–Kier alpha value is -1.57. The SMILES string of the molecule is CC1(/C=C/C(=O)N(CCCC=O)CCCC=O)COC2(OO1)C1CC3CC(C1)CC2(C)C3. The quantitative estimate of drug-likeness (QED) is 0.220. The molecule has 1 heterocycles. The fourth-order valence-electron chi connectivity index (χ4n) is 6.75. The summed E-state index contributed by atoms with van der Waals surface area (Å²) in [6, 6.07) is 0. The highest BCUT2D eigenvalue weighted by Crippen LogP contribution is 2.66. The maximum Gasteiger partial charge on any atom is 0.246 e. The van der Waals surface area contributed by atoms with Crippen molar-refractivity contribution < 1.29 is 28.9 Å². The van der Waals surface area contributed by atoms with Crippen molar-refractivity contribution in [1.82, 2.24) is 4.90 Å². The van der Waals surface area contributed by atoms with Gasteiger partial charge in [-0.05, 0) is 69.8 Å². The van der Waals surface area contributed by atoms with Crippen molar-refractivity contribution in [3.05, 3.63) is 12.2 Å². The summed E-state index contributed by atoms with van der Waals surface area (Å²) in [6.45, 7) is 5.46. The Morgan fingerprint density at radius 2 is 1.59 bits per heavy atom. The molecule has 1 amide bonds. The summed E-state index contributed by atoms with van der Waals surface area (Å²) in [5, 5.41) is 0. The Balaban J connectivity index is 1.37. The summed E-state index contributed by atoms with van der Waals surface area (Å²) < 4.78 is 6.51. The Morgan fingerprint density at radius 3 is 2.09 bits per heavy atom. The lowest BCUT2D eigenvalue weighted by molar-refractivity contribution is -0.550. The predicted molar refractivity (Wildman–Crippen MR) is 117 cm³/mol. The van der Waals surface area contributed by atoms with Gasteiger partial charge in [-0.25, -0.2) is 4.89 Å². The highest BCUT2D eigenvalue weighted by atomic mass is 17.2. The van der Waals surface area contributed by atoms with Gasteiger partial charge in [-0.3, -0.25) is 4.79 Å². The average molecular weight is 448 g/mol. The topological polar surface area (TPSA) is 82.1 Å². The molecule has 7 heteroatoms. The Morgan fingerprint density at radius 1 is 0.969 bits per heavy atom. The molecule has 5 fully saturated rings. The first-order valence-corrected chi connectivity index (χ1v) is 12.2. The third-order valence-electron chi connectivity index (χ3n) is 8.08. The van der Waals surface area contributed by atoms with E-state index in [-0.39, 0.29) is 11.3 Å². The second-order valence-corrected chi connectivity index (χ2v) is 10.8. The molecule has 5 rings (SSSR count). The van der Waals surface area contributed by atoms with Crippen LogP contribution in [0.15, 0.2) is 12.2 Å². The number of unbranched alkanes of at least 4 members (excludes halogenated alkanes) is 2. The molecule has 1 spiro atoms. The van der Waals surface area contributed by atoms with E-state index in [1.807, 2.05) is 6.92 Å². The zero-order valence-electron chi connectivity index (χ0n) is 19.4. The van der Waals surface area contributed by atoms with E-state index in [9.17, 15) is 14.4 Å². The molecule has 0 aromatic rings. The lowest BCUT2D eigenvalue weighted by Gasteiger charge is -2.65. The van der Waals surface area contributed by atoms with Crippen molar-refractivity contribution in [3.8, 4) is 0 Å². The van der Waals surface area contributed by atoms with Crippen LogP contribution in [0.25, 0.3) is 0 Å². The highest BCUT2D eigenvalue weighted by molar-refractivity contribution is 5.87. The van der Waals surface area contributed by atoms with Gasteiger partial charge >= 0.3 is 0 Å². The van der Waals surface area contributed by atoms with Gasteiger partial charge in [0.25, 0.3) is 0 Å². The van der Waals surface area contributed by atoms with Gasteiger partial charge in [-0.1, -0.05) is 6.92 Å². The molecule has 4 saturated carbocycles. The van der Waals surface area contributed by atoms with Crippen LogP contribution in [0.5, 0.6) is 0 Å². The zero-order chi connectivity index (χ0) is 22.8. The number of aldehydes is 2. The van der Waals surface area contributed by atoms with Crippen LogP contribution < -0.4 is 0 Å². The van der Waals surface area contributed by atoms with E-state index < -0.39 is 11.4 Å². The summed E-state index contributed by atoms with van der Waals surface area (Å²) in [4.78, 5) is 47.8. The van der Waals surface area contributed by atoms with Gasteiger partial charge in [0.05, 0.1) is 6.61 Å². The monoisotopic (exact) mass is 447 g/mol. The zero-order valence-corrected chi connectivity index (χ0v) is 19.4. The number of carbonyl (C=O) groups excluding carboxylic acids is 3. The maximum absolute atomic E-state index is 12.8. The summed E-state index contributed by atoms with van der Waals surface area (Å²) >= 11 is 0. The van der Waals surface area contributed by atoms with Crippen LogP contribution in [0.2, 0.25) is 0 Å². The smallest absolute Gasteiger partial charge is 0.246 e. The van der Waals surface area contributed by atoms with Gasteiger partial charge in [0.1, 0.15) is 18.2 Å². The van der Waals surface area contributed by atoms with Crippen LogP contribution in [0, 0.1) is 23.2 Å². The highest BCUT2D eigenvalue weighted by Gasteiger charge is 2.68. The van der Waals surface area contributed by atoms with E-state index in [1.165, 1.54) is 12.5 Å². The first kappa shape index (κ1) is 23.6. The summed E-state index contributed by atoms with van der Waals surface area (Å²) in [6.07, 6.45) is 12.9. The van der Waals surface area contributed by atoms with E-state index in [1.54, 1.807) is 11.0 Å². The molecule has 4 bridgehead atoms. The van der Waals surface area contributed by atoms with Crippen LogP contribution in [0.3, 0.4) is 0 Å². The molecule has 178 valence electrons. The van der Waals surface area contributed by atoms with Crippen LogP contribution in [-0.4, -0.2) is 54.5 Å². The van der Waals surface area contributed by atoms with Crippen LogP contribution in [0.1, 0.15) is 71.6 Å². The lowest BCUT2D eigenvalue weighted by Crippen LogP contribution is -2.69. The normalized spacial score (nSPS) is 40.1. The molecule has 5 aliphatic rings. The van der Waals surface area contributed by atoms with Crippen LogP contribution in [0.4, 0.5) is 0 Å². The summed E-state index contributed by atoms with van der Waals surface area (Å²) in [7, 11) is 0. The predicted octanol–water partition coefficient (Wildman–Crippen LogP) is 3.61. The minimum atomic E-state index is -0.844. The molecule has 1 saturated heterocycles. The van der Waals surface area contributed by atoms with Gasteiger partial charge in [0.15, 0.2) is 0 Å². The van der Waals surface area contributed by atoms with E-state index in [2.05, 4.69) is 6.92 Å². The number of carbonyl (C=O) groups is 3. The molecular formula is C25H37NO6. The van der Waals surface area contributed by atoms with E-state index in [4.69, 9.17) is 14.5 Å². The van der Waals surface area contributed by atoms with Gasteiger partial charge in [-0.15, -0.1) is 0 Å².